The Labute approximate surface area is 220 Å². The van der Waals surface area contributed by atoms with Crippen LogP contribution in [0.5, 0.6) is 5.75 Å². The highest BCUT2D eigenvalue weighted by atomic mass is 19.1. The van der Waals surface area contributed by atoms with Crippen molar-refractivity contribution in [2.24, 2.45) is 5.73 Å². The molecule has 1 amide bonds. The van der Waals surface area contributed by atoms with Crippen LogP contribution in [0.3, 0.4) is 0 Å². The Kier molecular flexibility index (Phi) is 7.66. The summed E-state index contributed by atoms with van der Waals surface area (Å²) in [6.07, 6.45) is 8.72. The van der Waals surface area contributed by atoms with Gasteiger partial charge in [-0.3, -0.25) is 9.48 Å². The van der Waals surface area contributed by atoms with Gasteiger partial charge in [0.05, 0.1) is 17.9 Å². The maximum Gasteiger partial charge on any atom is 0.251 e. The van der Waals surface area contributed by atoms with Gasteiger partial charge in [-0.25, -0.2) is 14.4 Å². The fourth-order valence-electron chi connectivity index (χ4n) is 4.84. The second kappa shape index (κ2) is 11.3. The zero-order valence-corrected chi connectivity index (χ0v) is 21.6. The zero-order chi connectivity index (χ0) is 26.6. The number of carbonyl (C=O) groups excluding carboxylic acids is 1. The summed E-state index contributed by atoms with van der Waals surface area (Å²) in [5, 5.41) is 8.32. The summed E-state index contributed by atoms with van der Waals surface area (Å²) in [6.45, 7) is 6.57. The molecular formula is C27H33FN8O2. The molecule has 1 unspecified atom stereocenters. The number of hydrogen-bond donors (Lipinski definition) is 3. The number of fused-ring (bicyclic) bond motifs is 1. The van der Waals surface area contributed by atoms with Crippen molar-refractivity contribution in [3.8, 4) is 17.0 Å². The summed E-state index contributed by atoms with van der Waals surface area (Å²) in [7, 11) is 0. The third kappa shape index (κ3) is 5.84. The van der Waals surface area contributed by atoms with Crippen LogP contribution in [0.1, 0.15) is 43.1 Å². The molecule has 4 aromatic rings. The van der Waals surface area contributed by atoms with E-state index in [0.717, 1.165) is 54.8 Å². The van der Waals surface area contributed by atoms with Crippen LogP contribution in [-0.4, -0.2) is 73.9 Å². The van der Waals surface area contributed by atoms with E-state index in [0.29, 0.717) is 12.3 Å². The largest absolute Gasteiger partial charge is 0.490 e. The van der Waals surface area contributed by atoms with Gasteiger partial charge in [-0.15, -0.1) is 0 Å². The lowest BCUT2D eigenvalue weighted by atomic mass is 10.1. The van der Waals surface area contributed by atoms with Crippen LogP contribution >= 0.6 is 0 Å². The Morgan fingerprint density at radius 2 is 2.08 bits per heavy atom. The first kappa shape index (κ1) is 25.8. The number of nitrogens with one attached hydrogen (secondary N) is 2. The van der Waals surface area contributed by atoms with Gasteiger partial charge >= 0.3 is 0 Å². The van der Waals surface area contributed by atoms with Crippen LogP contribution in [0.15, 0.2) is 49.2 Å². The summed E-state index contributed by atoms with van der Waals surface area (Å²) in [5.41, 5.74) is 8.94. The highest BCUT2D eigenvalue weighted by Crippen LogP contribution is 2.26. The zero-order valence-electron chi connectivity index (χ0n) is 21.6. The second-order valence-electron chi connectivity index (χ2n) is 9.98. The molecule has 3 aromatic heterocycles. The SMILES string of the molecule is CC(C)NC(=O)c1cc(F)cc(OC2CCN(CC(CN)n3cc(-c4ncnc5[nH]ccc45)cn3)CC2)c1. The van der Waals surface area contributed by atoms with Gasteiger partial charge in [0.25, 0.3) is 5.91 Å². The van der Waals surface area contributed by atoms with E-state index < -0.39 is 5.82 Å². The van der Waals surface area contributed by atoms with Crippen LogP contribution in [-0.2, 0) is 0 Å². The molecule has 4 N–H and O–H groups in total. The number of halogens is 1. The highest BCUT2D eigenvalue weighted by Gasteiger charge is 2.24. The number of H-pyrrole nitrogens is 1. The molecule has 1 aliphatic heterocycles. The molecule has 11 heteroatoms. The lowest BCUT2D eigenvalue weighted by Gasteiger charge is -2.34. The molecule has 0 aliphatic carbocycles. The van der Waals surface area contributed by atoms with Crippen molar-refractivity contribution < 1.29 is 13.9 Å². The van der Waals surface area contributed by atoms with E-state index in [9.17, 15) is 9.18 Å². The van der Waals surface area contributed by atoms with E-state index in [-0.39, 0.29) is 29.7 Å². The predicted molar refractivity (Wildman–Crippen MR) is 142 cm³/mol. The van der Waals surface area contributed by atoms with Crippen LogP contribution < -0.4 is 15.8 Å². The lowest BCUT2D eigenvalue weighted by molar-refractivity contribution is 0.0900. The molecule has 4 heterocycles. The van der Waals surface area contributed by atoms with Gasteiger partial charge in [-0.1, -0.05) is 0 Å². The number of carbonyl (C=O) groups is 1. The third-order valence-electron chi connectivity index (χ3n) is 6.73. The fourth-order valence-corrected chi connectivity index (χ4v) is 4.84. The molecule has 5 rings (SSSR count). The standard InChI is InChI=1S/C27H33FN8O2/c1-17(2)34-27(37)18-9-20(28)11-23(10-18)38-22-4-7-35(8-5-22)15-21(12-29)36-14-19(13-33-36)25-24-3-6-30-26(24)32-16-31-25/h3,6,9-11,13-14,16-17,21-22H,4-5,7-8,12,15,29H2,1-2H3,(H,34,37)(H,30,31,32). The molecule has 1 aromatic carbocycles. The van der Waals surface area contributed by atoms with Gasteiger partial charge in [-0.05, 0) is 44.9 Å². The predicted octanol–water partition coefficient (Wildman–Crippen LogP) is 3.14. The van der Waals surface area contributed by atoms with E-state index in [1.807, 2.05) is 43.2 Å². The topological polar surface area (TPSA) is 127 Å². The summed E-state index contributed by atoms with van der Waals surface area (Å²) < 4.78 is 22.1. The quantitative estimate of drug-likeness (QED) is 0.309. The summed E-state index contributed by atoms with van der Waals surface area (Å²) in [4.78, 5) is 26.5. The number of hydrogen-bond acceptors (Lipinski definition) is 7. The van der Waals surface area contributed by atoms with Crippen molar-refractivity contribution in [2.75, 3.05) is 26.2 Å². The fraction of sp³-hybridized carbons (Fsp3) is 0.407. The van der Waals surface area contributed by atoms with Crippen LogP contribution in [0, 0.1) is 5.82 Å². The van der Waals surface area contributed by atoms with Crippen molar-refractivity contribution in [3.63, 3.8) is 0 Å². The number of aromatic nitrogens is 5. The van der Waals surface area contributed by atoms with Crippen molar-refractivity contribution >= 4 is 16.9 Å². The minimum absolute atomic E-state index is 0.00928. The molecule has 1 atom stereocenters. The molecular weight excluding hydrogens is 487 g/mol. The molecule has 200 valence electrons. The van der Waals surface area contributed by atoms with Crippen LogP contribution in [0.4, 0.5) is 4.39 Å². The Hall–Kier alpha value is -3.83. The first-order chi connectivity index (χ1) is 18.4. The molecule has 0 saturated carbocycles. The van der Waals surface area contributed by atoms with E-state index >= 15 is 0 Å². The highest BCUT2D eigenvalue weighted by molar-refractivity contribution is 5.94. The van der Waals surface area contributed by atoms with Crippen molar-refractivity contribution in [2.45, 2.75) is 44.9 Å². The van der Waals surface area contributed by atoms with E-state index in [2.05, 4.69) is 30.3 Å². The van der Waals surface area contributed by atoms with Gasteiger partial charge in [0.2, 0.25) is 0 Å². The summed E-state index contributed by atoms with van der Waals surface area (Å²) in [6, 6.07) is 6.09. The molecule has 0 bridgehead atoms. The number of aromatic amines is 1. The van der Waals surface area contributed by atoms with Gasteiger partial charge in [-0.2, -0.15) is 5.10 Å². The smallest absolute Gasteiger partial charge is 0.251 e. The maximum atomic E-state index is 14.2. The first-order valence-electron chi connectivity index (χ1n) is 12.9. The Balaban J connectivity index is 1.18. The molecule has 0 radical (unpaired) electrons. The lowest BCUT2D eigenvalue weighted by Crippen LogP contribution is -2.42. The number of benzene rings is 1. The van der Waals surface area contributed by atoms with Crippen LogP contribution in [0.25, 0.3) is 22.3 Å². The minimum atomic E-state index is -0.488. The third-order valence-corrected chi connectivity index (χ3v) is 6.73. The van der Waals surface area contributed by atoms with E-state index in [4.69, 9.17) is 10.5 Å². The average molecular weight is 521 g/mol. The van der Waals surface area contributed by atoms with Gasteiger partial charge in [0.1, 0.15) is 29.6 Å². The Morgan fingerprint density at radius 1 is 1.26 bits per heavy atom. The normalized spacial score (nSPS) is 15.7. The summed E-state index contributed by atoms with van der Waals surface area (Å²) in [5.74, 6) is -0.425. The second-order valence-corrected chi connectivity index (χ2v) is 9.98. The van der Waals surface area contributed by atoms with Crippen molar-refractivity contribution in [1.29, 1.82) is 0 Å². The first-order valence-corrected chi connectivity index (χ1v) is 12.9. The number of ether oxygens (including phenoxy) is 1. The molecule has 0 spiro atoms. The molecule has 38 heavy (non-hydrogen) atoms. The van der Waals surface area contributed by atoms with Crippen molar-refractivity contribution in [1.82, 2.24) is 34.9 Å². The molecule has 1 aliphatic rings. The molecule has 10 nitrogen and oxygen atoms in total. The summed E-state index contributed by atoms with van der Waals surface area (Å²) >= 11 is 0. The van der Waals surface area contributed by atoms with Crippen molar-refractivity contribution in [3.05, 3.63) is 60.6 Å². The van der Waals surface area contributed by atoms with E-state index in [1.54, 1.807) is 12.4 Å². The average Bonchev–Trinajstić information content (AvgIpc) is 3.57. The molecule has 1 fully saturated rings. The number of likely N-dealkylation sites (tertiary alicyclic amines) is 1. The van der Waals surface area contributed by atoms with E-state index in [1.165, 1.54) is 12.1 Å². The number of rotatable bonds is 9. The van der Waals surface area contributed by atoms with Gasteiger partial charge in [0, 0.05) is 67.2 Å². The number of nitrogens with zero attached hydrogens (tertiary/aromatic N) is 5. The Morgan fingerprint density at radius 3 is 2.84 bits per heavy atom. The minimum Gasteiger partial charge on any atom is -0.490 e. The number of piperidine rings is 1. The number of nitrogens with two attached hydrogens (primary N) is 1. The molecule has 1 saturated heterocycles. The Bertz CT molecular complexity index is 1390. The maximum absolute atomic E-state index is 14.2. The number of amides is 1. The monoisotopic (exact) mass is 520 g/mol. The van der Waals surface area contributed by atoms with Crippen LogP contribution in [0.2, 0.25) is 0 Å². The van der Waals surface area contributed by atoms with Gasteiger partial charge < -0.3 is 25.7 Å². The van der Waals surface area contributed by atoms with Gasteiger partial charge in [0.15, 0.2) is 0 Å².